The molecule has 0 heterocycles. The summed E-state index contributed by atoms with van der Waals surface area (Å²) in [6.07, 6.45) is 9.19. The molecule has 0 saturated heterocycles. The van der Waals surface area contributed by atoms with Crippen LogP contribution in [0, 0.1) is 10.8 Å². The second kappa shape index (κ2) is 15.6. The minimum atomic E-state index is -0.532. The van der Waals surface area contributed by atoms with E-state index in [1.807, 2.05) is 20.8 Å². The van der Waals surface area contributed by atoms with Gasteiger partial charge < -0.3 is 4.89 Å². The summed E-state index contributed by atoms with van der Waals surface area (Å²) in [5.74, 6) is -0.800. The first-order chi connectivity index (χ1) is 13.6. The minimum absolute atomic E-state index is 0.268. The number of unbranched alkanes of at least 4 members (excludes halogenated alkanes) is 4. The Kier molecular flexibility index (Phi) is 16.2. The molecule has 0 aromatic heterocycles. The van der Waals surface area contributed by atoms with Crippen molar-refractivity contribution in [1.29, 1.82) is 0 Å². The Morgan fingerprint density at radius 3 is 1.37 bits per heavy atom. The fourth-order valence-corrected chi connectivity index (χ4v) is 2.46. The van der Waals surface area contributed by atoms with Crippen LogP contribution in [0.1, 0.15) is 127 Å². The van der Waals surface area contributed by atoms with E-state index in [-0.39, 0.29) is 5.97 Å². The molecule has 6 nitrogen and oxygen atoms in total. The Labute approximate surface area is 184 Å². The molecule has 0 atom stereocenters. The number of rotatable bonds is 11. The van der Waals surface area contributed by atoms with Crippen molar-refractivity contribution in [1.82, 2.24) is 0 Å². The molecule has 30 heavy (non-hydrogen) atoms. The number of hydrogen-bond donors (Lipinski definition) is 1. The van der Waals surface area contributed by atoms with E-state index in [4.69, 9.17) is 15.0 Å². The van der Waals surface area contributed by atoms with Crippen LogP contribution in [0.5, 0.6) is 0 Å². The van der Waals surface area contributed by atoms with E-state index in [1.54, 1.807) is 0 Å². The molecule has 1 N–H and O–H groups in total. The molecular formula is C24H48O6. The van der Waals surface area contributed by atoms with Crippen molar-refractivity contribution in [2.45, 2.75) is 132 Å². The number of carbonyl (C=O) groups is 2. The molecule has 6 heteroatoms. The molecule has 0 aliphatic rings. The molecule has 0 bridgehead atoms. The highest BCUT2D eigenvalue weighted by Gasteiger charge is 2.15. The van der Waals surface area contributed by atoms with Gasteiger partial charge in [0.05, 0.1) is 0 Å². The maximum Gasteiger partial charge on any atom is 0.342 e. The quantitative estimate of drug-likeness (QED) is 0.210. The second-order valence-corrected chi connectivity index (χ2v) is 11.4. The zero-order chi connectivity index (χ0) is 23.8. The van der Waals surface area contributed by atoms with Crippen LogP contribution in [0.3, 0.4) is 0 Å². The third kappa shape index (κ3) is 29.1. The predicted octanol–water partition coefficient (Wildman–Crippen LogP) is 7.26. The summed E-state index contributed by atoms with van der Waals surface area (Å²) in [6.45, 7) is 18.9. The van der Waals surface area contributed by atoms with Crippen molar-refractivity contribution < 1.29 is 29.5 Å². The molecular weight excluding hydrogens is 384 g/mol. The molecule has 0 aliphatic heterocycles. The van der Waals surface area contributed by atoms with Crippen LogP contribution in [-0.4, -0.2) is 22.8 Å². The summed E-state index contributed by atoms with van der Waals surface area (Å²) < 4.78 is 0. The summed E-state index contributed by atoms with van der Waals surface area (Å²) in [5.41, 5.74) is 0.329. The molecule has 180 valence electrons. The zero-order valence-electron chi connectivity index (χ0n) is 21.1. The molecule has 0 rings (SSSR count). The van der Waals surface area contributed by atoms with Gasteiger partial charge in [-0.25, -0.2) is 9.59 Å². The standard InChI is InChI=1S/C14H28O3.C10H20O3/c1-13(2,3)11-9-7-8-10-12(15)16-17-14(4,5)6;1-10(2,3)8-6-4-5-7-9(11)13-12/h7-11H2,1-6H3;12H,4-8H2,1-3H3. The van der Waals surface area contributed by atoms with Gasteiger partial charge in [-0.15, -0.1) is 0 Å². The lowest BCUT2D eigenvalue weighted by Gasteiger charge is -2.18. The van der Waals surface area contributed by atoms with Gasteiger partial charge in [0.15, 0.2) is 0 Å². The highest BCUT2D eigenvalue weighted by atomic mass is 17.2. The van der Waals surface area contributed by atoms with Crippen molar-refractivity contribution in [2.24, 2.45) is 10.8 Å². The van der Waals surface area contributed by atoms with Gasteiger partial charge in [-0.3, -0.25) is 4.89 Å². The van der Waals surface area contributed by atoms with E-state index in [1.165, 1.54) is 12.8 Å². The largest absolute Gasteiger partial charge is 0.342 e. The smallest absolute Gasteiger partial charge is 0.301 e. The highest BCUT2D eigenvalue weighted by Crippen LogP contribution is 2.23. The molecule has 0 radical (unpaired) electrons. The van der Waals surface area contributed by atoms with Crippen molar-refractivity contribution in [3.05, 3.63) is 0 Å². The molecule has 0 unspecified atom stereocenters. The van der Waals surface area contributed by atoms with Gasteiger partial charge in [0.2, 0.25) is 0 Å². The Morgan fingerprint density at radius 2 is 1.03 bits per heavy atom. The van der Waals surface area contributed by atoms with Crippen LogP contribution >= 0.6 is 0 Å². The summed E-state index contributed by atoms with van der Waals surface area (Å²) in [4.78, 5) is 35.0. The van der Waals surface area contributed by atoms with Crippen LogP contribution in [0.4, 0.5) is 0 Å². The maximum absolute atomic E-state index is 11.3. The summed E-state index contributed by atoms with van der Waals surface area (Å²) in [5, 5.41) is 7.97. The van der Waals surface area contributed by atoms with E-state index in [0.29, 0.717) is 23.7 Å². The summed E-state index contributed by atoms with van der Waals surface area (Å²) in [6, 6.07) is 0. The van der Waals surface area contributed by atoms with Gasteiger partial charge in [0.1, 0.15) is 5.60 Å². The lowest BCUT2D eigenvalue weighted by molar-refractivity contribution is -0.320. The molecule has 0 fully saturated rings. The van der Waals surface area contributed by atoms with Gasteiger partial charge in [0.25, 0.3) is 0 Å². The van der Waals surface area contributed by atoms with Gasteiger partial charge in [0, 0.05) is 12.8 Å². The van der Waals surface area contributed by atoms with E-state index in [0.717, 1.165) is 38.5 Å². The van der Waals surface area contributed by atoms with Crippen LogP contribution in [-0.2, 0) is 24.3 Å². The minimum Gasteiger partial charge on any atom is -0.301 e. The van der Waals surface area contributed by atoms with E-state index >= 15 is 0 Å². The van der Waals surface area contributed by atoms with Crippen molar-refractivity contribution >= 4 is 11.9 Å². The van der Waals surface area contributed by atoms with Gasteiger partial charge in [-0.1, -0.05) is 67.2 Å². The Morgan fingerprint density at radius 1 is 0.633 bits per heavy atom. The third-order valence-corrected chi connectivity index (χ3v) is 4.10. The normalized spacial score (nSPS) is 12.1. The molecule has 0 spiro atoms. The van der Waals surface area contributed by atoms with E-state index < -0.39 is 11.6 Å². The van der Waals surface area contributed by atoms with Gasteiger partial charge >= 0.3 is 11.9 Å². The average Bonchev–Trinajstić information content (AvgIpc) is 2.57. The van der Waals surface area contributed by atoms with E-state index in [9.17, 15) is 9.59 Å². The topological polar surface area (TPSA) is 82.1 Å². The van der Waals surface area contributed by atoms with Gasteiger partial charge in [-0.2, -0.15) is 10.1 Å². The number of hydrogen-bond acceptors (Lipinski definition) is 6. The Hall–Kier alpha value is -1.14. The summed E-state index contributed by atoms with van der Waals surface area (Å²) >= 11 is 0. The zero-order valence-corrected chi connectivity index (χ0v) is 21.1. The Balaban J connectivity index is 0. The first kappa shape index (κ1) is 31.0. The van der Waals surface area contributed by atoms with Gasteiger partial charge in [-0.05, 0) is 57.3 Å². The monoisotopic (exact) mass is 432 g/mol. The first-order valence-corrected chi connectivity index (χ1v) is 11.3. The molecule has 0 aromatic carbocycles. The van der Waals surface area contributed by atoms with E-state index in [2.05, 4.69) is 46.4 Å². The summed E-state index contributed by atoms with van der Waals surface area (Å²) in [7, 11) is 0. The lowest BCUT2D eigenvalue weighted by Crippen LogP contribution is -2.21. The molecule has 0 amide bonds. The fraction of sp³-hybridized carbons (Fsp3) is 0.917. The Bertz CT molecular complexity index is 452. The maximum atomic E-state index is 11.3. The van der Waals surface area contributed by atoms with Crippen LogP contribution in [0.15, 0.2) is 0 Å². The number of carbonyl (C=O) groups excluding carboxylic acids is 2. The van der Waals surface area contributed by atoms with Crippen LogP contribution in [0.2, 0.25) is 0 Å². The highest BCUT2D eigenvalue weighted by molar-refractivity contribution is 5.68. The SMILES string of the molecule is CC(C)(C)CCCCCC(=O)OO.CC(C)(C)CCCCCC(=O)OOC(C)(C)C. The molecule has 0 aromatic rings. The van der Waals surface area contributed by atoms with Crippen molar-refractivity contribution in [3.63, 3.8) is 0 Å². The van der Waals surface area contributed by atoms with Crippen LogP contribution < -0.4 is 0 Å². The third-order valence-electron chi connectivity index (χ3n) is 4.10. The fourth-order valence-electron chi connectivity index (χ4n) is 2.46. The van der Waals surface area contributed by atoms with Crippen molar-refractivity contribution in [3.8, 4) is 0 Å². The van der Waals surface area contributed by atoms with Crippen LogP contribution in [0.25, 0.3) is 0 Å². The predicted molar refractivity (Wildman–Crippen MR) is 121 cm³/mol. The van der Waals surface area contributed by atoms with Crippen molar-refractivity contribution in [2.75, 3.05) is 0 Å². The lowest BCUT2D eigenvalue weighted by atomic mass is 9.89. The first-order valence-electron chi connectivity index (χ1n) is 11.3. The average molecular weight is 433 g/mol. The molecule has 0 saturated carbocycles. The second-order valence-electron chi connectivity index (χ2n) is 11.4. The molecule has 0 aliphatic carbocycles.